The molecular formula is C24H25ClN4O. The second-order valence-electron chi connectivity index (χ2n) is 7.79. The molecule has 1 saturated heterocycles. The second-order valence-corrected chi connectivity index (χ2v) is 8.23. The number of anilines is 1. The number of nitrogens with one attached hydrogen (secondary N) is 1. The van der Waals surface area contributed by atoms with Crippen LogP contribution in [0.25, 0.3) is 0 Å². The summed E-state index contributed by atoms with van der Waals surface area (Å²) in [5.74, 6) is 1.42. The number of likely N-dealkylation sites (tertiary alicyclic amines) is 1. The molecule has 0 saturated carbocycles. The SMILES string of the molecule is CC1CCN(C(=O)c2ccc(NC(c3cccc(Cl)c3)c3ccccn3)nc2)CC1. The van der Waals surface area contributed by atoms with Crippen LogP contribution < -0.4 is 5.32 Å². The minimum atomic E-state index is -0.206. The summed E-state index contributed by atoms with van der Waals surface area (Å²) >= 11 is 6.21. The highest BCUT2D eigenvalue weighted by Gasteiger charge is 2.22. The van der Waals surface area contributed by atoms with E-state index in [2.05, 4.69) is 22.2 Å². The molecule has 0 aliphatic carbocycles. The van der Waals surface area contributed by atoms with Crippen molar-refractivity contribution < 1.29 is 4.79 Å². The fraction of sp³-hybridized carbons (Fsp3) is 0.292. The average Bonchev–Trinajstić information content (AvgIpc) is 2.78. The van der Waals surface area contributed by atoms with Gasteiger partial charge in [-0.1, -0.05) is 36.7 Å². The summed E-state index contributed by atoms with van der Waals surface area (Å²) in [7, 11) is 0. The van der Waals surface area contributed by atoms with Gasteiger partial charge in [0.15, 0.2) is 0 Å². The average molecular weight is 421 g/mol. The minimum absolute atomic E-state index is 0.0528. The summed E-state index contributed by atoms with van der Waals surface area (Å²) in [6.45, 7) is 3.87. The number of benzene rings is 1. The van der Waals surface area contributed by atoms with Crippen molar-refractivity contribution in [1.82, 2.24) is 14.9 Å². The Morgan fingerprint density at radius 1 is 1.10 bits per heavy atom. The Kier molecular flexibility index (Phi) is 6.29. The fourth-order valence-electron chi connectivity index (χ4n) is 3.71. The Morgan fingerprint density at radius 3 is 2.60 bits per heavy atom. The van der Waals surface area contributed by atoms with Crippen molar-refractivity contribution in [2.45, 2.75) is 25.8 Å². The van der Waals surface area contributed by atoms with Gasteiger partial charge in [0.05, 0.1) is 17.3 Å². The van der Waals surface area contributed by atoms with Gasteiger partial charge in [0.2, 0.25) is 0 Å². The fourth-order valence-corrected chi connectivity index (χ4v) is 3.91. The monoisotopic (exact) mass is 420 g/mol. The second kappa shape index (κ2) is 9.26. The summed E-state index contributed by atoms with van der Waals surface area (Å²) in [5, 5.41) is 4.10. The van der Waals surface area contributed by atoms with Crippen molar-refractivity contribution in [3.8, 4) is 0 Å². The maximum atomic E-state index is 12.8. The summed E-state index contributed by atoms with van der Waals surface area (Å²) in [6.07, 6.45) is 5.54. The Hall–Kier alpha value is -2.92. The summed E-state index contributed by atoms with van der Waals surface area (Å²) in [6, 6.07) is 17.0. The first-order chi connectivity index (χ1) is 14.6. The molecule has 3 aromatic rings. The van der Waals surface area contributed by atoms with Crippen LogP contribution in [0.3, 0.4) is 0 Å². The van der Waals surface area contributed by atoms with E-state index in [4.69, 9.17) is 11.6 Å². The molecule has 30 heavy (non-hydrogen) atoms. The van der Waals surface area contributed by atoms with Gasteiger partial charge in [-0.3, -0.25) is 9.78 Å². The van der Waals surface area contributed by atoms with Crippen molar-refractivity contribution in [3.05, 3.63) is 88.8 Å². The molecular weight excluding hydrogens is 396 g/mol. The van der Waals surface area contributed by atoms with Gasteiger partial charge in [-0.15, -0.1) is 0 Å². The first-order valence-corrected chi connectivity index (χ1v) is 10.7. The number of pyridine rings is 2. The van der Waals surface area contributed by atoms with Crippen LogP contribution in [-0.4, -0.2) is 33.9 Å². The van der Waals surface area contributed by atoms with Gasteiger partial charge in [0.25, 0.3) is 5.91 Å². The van der Waals surface area contributed by atoms with Crippen LogP contribution in [0.1, 0.15) is 47.4 Å². The van der Waals surface area contributed by atoms with Gasteiger partial charge >= 0.3 is 0 Å². The number of amides is 1. The molecule has 0 spiro atoms. The highest BCUT2D eigenvalue weighted by molar-refractivity contribution is 6.30. The Bertz CT molecular complexity index is 986. The van der Waals surface area contributed by atoms with Crippen LogP contribution in [0.5, 0.6) is 0 Å². The zero-order chi connectivity index (χ0) is 20.9. The number of carbonyl (C=O) groups is 1. The van der Waals surface area contributed by atoms with Crippen LogP contribution in [0.2, 0.25) is 5.02 Å². The summed E-state index contributed by atoms with van der Waals surface area (Å²) in [5.41, 5.74) is 2.47. The first kappa shape index (κ1) is 20.4. The molecule has 1 aliphatic rings. The minimum Gasteiger partial charge on any atom is -0.358 e. The molecule has 3 heterocycles. The number of nitrogens with zero attached hydrogens (tertiary/aromatic N) is 3. The number of halogens is 1. The Morgan fingerprint density at radius 2 is 1.93 bits per heavy atom. The summed E-state index contributed by atoms with van der Waals surface area (Å²) in [4.78, 5) is 23.7. The van der Waals surface area contributed by atoms with Crippen LogP contribution in [-0.2, 0) is 0 Å². The number of hydrogen-bond acceptors (Lipinski definition) is 4. The van der Waals surface area contributed by atoms with E-state index in [1.54, 1.807) is 12.4 Å². The lowest BCUT2D eigenvalue weighted by molar-refractivity contribution is 0.0697. The van der Waals surface area contributed by atoms with E-state index >= 15 is 0 Å². The molecule has 6 heteroatoms. The van der Waals surface area contributed by atoms with E-state index in [0.717, 1.165) is 37.2 Å². The number of aromatic nitrogens is 2. The lowest BCUT2D eigenvalue weighted by atomic mass is 9.99. The van der Waals surface area contributed by atoms with Gasteiger partial charge < -0.3 is 10.2 Å². The summed E-state index contributed by atoms with van der Waals surface area (Å²) < 4.78 is 0. The smallest absolute Gasteiger partial charge is 0.255 e. The maximum absolute atomic E-state index is 12.8. The molecule has 1 fully saturated rings. The number of rotatable bonds is 5. The molecule has 2 aromatic heterocycles. The molecule has 1 unspecified atom stereocenters. The molecule has 0 bridgehead atoms. The standard InChI is InChI=1S/C24H25ClN4O/c1-17-10-13-29(14-11-17)24(30)19-8-9-22(27-16-19)28-23(21-7-2-3-12-26-21)18-5-4-6-20(25)15-18/h2-9,12,15-17,23H,10-11,13-14H2,1H3,(H,27,28). The zero-order valence-electron chi connectivity index (χ0n) is 17.0. The predicted molar refractivity (Wildman–Crippen MR) is 120 cm³/mol. The first-order valence-electron chi connectivity index (χ1n) is 10.3. The van der Waals surface area contributed by atoms with E-state index < -0.39 is 0 Å². The molecule has 5 nitrogen and oxygen atoms in total. The van der Waals surface area contributed by atoms with Crippen LogP contribution in [0.4, 0.5) is 5.82 Å². The van der Waals surface area contributed by atoms with Gasteiger partial charge in [-0.25, -0.2) is 4.98 Å². The molecule has 1 N–H and O–H groups in total. The Labute approximate surface area is 182 Å². The van der Waals surface area contributed by atoms with Crippen LogP contribution in [0, 0.1) is 5.92 Å². The van der Waals surface area contributed by atoms with Crippen molar-refractivity contribution >= 4 is 23.3 Å². The van der Waals surface area contributed by atoms with Gasteiger partial charge in [-0.05, 0) is 60.7 Å². The van der Waals surface area contributed by atoms with Crippen molar-refractivity contribution in [3.63, 3.8) is 0 Å². The van der Waals surface area contributed by atoms with E-state index in [1.165, 1.54) is 0 Å². The largest absolute Gasteiger partial charge is 0.358 e. The van der Waals surface area contributed by atoms with E-state index in [9.17, 15) is 4.79 Å². The molecule has 1 aromatic carbocycles. The molecule has 1 aliphatic heterocycles. The van der Waals surface area contributed by atoms with Crippen LogP contribution in [0.15, 0.2) is 67.0 Å². The zero-order valence-corrected chi connectivity index (χ0v) is 17.7. The molecule has 1 atom stereocenters. The van der Waals surface area contributed by atoms with Crippen LogP contribution >= 0.6 is 11.6 Å². The van der Waals surface area contributed by atoms with Crippen molar-refractivity contribution in [1.29, 1.82) is 0 Å². The lowest BCUT2D eigenvalue weighted by Crippen LogP contribution is -2.37. The van der Waals surface area contributed by atoms with E-state index in [1.807, 2.05) is 59.5 Å². The molecule has 154 valence electrons. The number of piperidine rings is 1. The topological polar surface area (TPSA) is 58.1 Å². The third-order valence-electron chi connectivity index (χ3n) is 5.54. The number of carbonyl (C=O) groups excluding carboxylic acids is 1. The third kappa shape index (κ3) is 4.79. The van der Waals surface area contributed by atoms with Crippen molar-refractivity contribution in [2.24, 2.45) is 5.92 Å². The van der Waals surface area contributed by atoms with E-state index in [-0.39, 0.29) is 11.9 Å². The molecule has 4 rings (SSSR count). The highest BCUT2D eigenvalue weighted by atomic mass is 35.5. The third-order valence-corrected chi connectivity index (χ3v) is 5.77. The van der Waals surface area contributed by atoms with Gasteiger partial charge in [0.1, 0.15) is 5.82 Å². The normalized spacial score (nSPS) is 15.6. The Balaban J connectivity index is 1.53. The quantitative estimate of drug-likeness (QED) is 0.616. The number of hydrogen-bond donors (Lipinski definition) is 1. The van der Waals surface area contributed by atoms with Crippen molar-refractivity contribution in [2.75, 3.05) is 18.4 Å². The van der Waals surface area contributed by atoms with Gasteiger partial charge in [-0.2, -0.15) is 0 Å². The molecule has 0 radical (unpaired) electrons. The predicted octanol–water partition coefficient (Wildman–Crippen LogP) is 5.20. The van der Waals surface area contributed by atoms with Gasteiger partial charge in [0, 0.05) is 30.5 Å². The van der Waals surface area contributed by atoms with E-state index in [0.29, 0.717) is 22.3 Å². The highest BCUT2D eigenvalue weighted by Crippen LogP contribution is 2.27. The maximum Gasteiger partial charge on any atom is 0.255 e. The molecule has 1 amide bonds. The lowest BCUT2D eigenvalue weighted by Gasteiger charge is -2.30.